The molecule has 0 fully saturated rings. The van der Waals surface area contributed by atoms with Crippen LogP contribution < -0.4 is 20.7 Å². The minimum atomic E-state index is -4.34. The Morgan fingerprint density at radius 2 is 0.482 bits per heavy atom. The minimum absolute atomic E-state index is 0. The molecule has 0 bridgehead atoms. The van der Waals surface area contributed by atoms with Gasteiger partial charge in [-0.1, -0.05) is 232 Å². The van der Waals surface area contributed by atoms with E-state index in [9.17, 15) is 19.2 Å². The van der Waals surface area contributed by atoms with E-state index in [1.54, 1.807) is 68.4 Å². The van der Waals surface area contributed by atoms with E-state index >= 15 is 0 Å². The first kappa shape index (κ1) is 69.4. The first-order chi connectivity index (χ1) is 40.8. The average molecular weight is 1190 g/mol. The molecule has 0 aromatic heterocycles. The van der Waals surface area contributed by atoms with Crippen molar-refractivity contribution in [1.29, 1.82) is 0 Å². The summed E-state index contributed by atoms with van der Waals surface area (Å²) < 4.78 is 24.5. The predicted octanol–water partition coefficient (Wildman–Crippen LogP) is 4.90. The summed E-state index contributed by atoms with van der Waals surface area (Å²) in [4.78, 5) is 66.1. The van der Waals surface area contributed by atoms with Gasteiger partial charge in [-0.3, -0.25) is 0 Å². The number of rotatable bonds is 15. The van der Waals surface area contributed by atoms with E-state index in [4.69, 9.17) is 31.8 Å². The summed E-state index contributed by atoms with van der Waals surface area (Å²) in [6.07, 6.45) is 0. The summed E-state index contributed by atoms with van der Waals surface area (Å²) in [5, 5.41) is 1.48. The molecule has 0 aliphatic rings. The van der Waals surface area contributed by atoms with E-state index in [-0.39, 0.29) is 24.4 Å². The SMILES string of the molecule is C.CC#CC#CC#CC#CC#CC#CC#CC#CC#CC#CC#CC.O[Si](O)(O)c1ccccc1.O[Si](O)(O[Si](O)(O)c1ccccc1)c1ccccc1.[HH].c1ccc(CO[Si](OCc2ccccc2)(OCc2ccccc2)c2ccccc2)cc1. The molecule has 7 N–H and O–H groups in total. The second-order valence-corrected chi connectivity index (χ2v) is 25.1. The molecule has 0 aliphatic carbocycles. The standard InChI is InChI=1S/C27H26O3Si.C24H6.C12H14O5Si2.C6H8O3Si.CH4.H2/c1-5-13-24(14-6-1)21-28-31(27-19-11-4-12-20-27,29-22-25-15-7-2-8-16-25)30-23-26-17-9-3-10-18-26;1-3-5-7-9-11-13-15-17-19-21-23-24-22-20-18-16-14-12-10-8-6-4-2;13-18(14,11-7-3-1-4-8-11)17-19(15,16)12-9-5-2-6-10-12;7-10(8,9)6-4-2-1-3-5-6;;/h1-20H,21-23H2;1-2H3;1-10,13-16H;1-5,7-9H;1H4;1H. The Morgan fingerprint density at radius 1 is 0.282 bits per heavy atom. The van der Waals surface area contributed by atoms with Crippen LogP contribution in [-0.2, 0) is 37.2 Å². The second kappa shape index (κ2) is 40.3. The summed E-state index contributed by atoms with van der Waals surface area (Å²) in [5.41, 5.74) is 3.26. The van der Waals surface area contributed by atoms with Gasteiger partial charge >= 0.3 is 35.2 Å². The molecule has 422 valence electrons. The fourth-order valence-electron chi connectivity index (χ4n) is 6.25. The van der Waals surface area contributed by atoms with Crippen molar-refractivity contribution in [3.05, 3.63) is 229 Å². The first-order valence-corrected chi connectivity index (χ1v) is 32.3. The average Bonchev–Trinajstić information content (AvgIpc) is 2.11. The zero-order valence-electron chi connectivity index (χ0n) is 45.6. The van der Waals surface area contributed by atoms with Crippen LogP contribution in [-0.4, -0.2) is 68.8 Å². The smallest absolute Gasteiger partial charge is 0.387 e. The van der Waals surface area contributed by atoms with Crippen molar-refractivity contribution in [1.82, 2.24) is 0 Å². The Kier molecular flexibility index (Phi) is 32.9. The molecular formula is C70H60O11Si4. The molecule has 85 heavy (non-hydrogen) atoms. The molecule has 7 aromatic carbocycles. The van der Waals surface area contributed by atoms with Gasteiger partial charge in [0.05, 0.1) is 19.8 Å². The zero-order chi connectivity index (χ0) is 60.3. The van der Waals surface area contributed by atoms with Crippen LogP contribution in [0.3, 0.4) is 0 Å². The van der Waals surface area contributed by atoms with Crippen molar-refractivity contribution in [3.63, 3.8) is 0 Å². The Balaban J connectivity index is 0.000000412. The summed E-state index contributed by atoms with van der Waals surface area (Å²) in [7, 11) is -15.9. The molecule has 0 heterocycles. The van der Waals surface area contributed by atoms with Crippen LogP contribution in [0.2, 0.25) is 0 Å². The third kappa shape index (κ3) is 29.1. The van der Waals surface area contributed by atoms with Gasteiger partial charge < -0.3 is 51.0 Å². The predicted molar refractivity (Wildman–Crippen MR) is 343 cm³/mol. The third-order valence-corrected chi connectivity index (χ3v) is 18.3. The maximum Gasteiger partial charge on any atom is 0.538 e. The van der Waals surface area contributed by atoms with Crippen molar-refractivity contribution < 1.29 is 52.4 Å². The second-order valence-electron chi connectivity index (χ2n) is 16.3. The van der Waals surface area contributed by atoms with Gasteiger partial charge in [0.15, 0.2) is 0 Å². The quantitative estimate of drug-likeness (QED) is 0.0549. The van der Waals surface area contributed by atoms with Gasteiger partial charge in [-0.25, -0.2) is 0 Å². The Bertz CT molecular complexity index is 3640. The largest absolute Gasteiger partial charge is 0.538 e. The van der Waals surface area contributed by atoms with E-state index in [2.05, 4.69) is 167 Å². The van der Waals surface area contributed by atoms with Crippen LogP contribution in [0, 0.1) is 130 Å². The lowest BCUT2D eigenvalue weighted by molar-refractivity contribution is 0.0564. The normalized spacial score (nSPS) is 9.38. The summed E-state index contributed by atoms with van der Waals surface area (Å²) >= 11 is 0. The summed E-state index contributed by atoms with van der Waals surface area (Å²) in [6.45, 7) is 4.66. The highest BCUT2D eigenvalue weighted by Crippen LogP contribution is 2.19. The summed E-state index contributed by atoms with van der Waals surface area (Å²) in [6, 6.07) is 64.3. The van der Waals surface area contributed by atoms with Gasteiger partial charge in [-0.15, -0.1) is 0 Å². The van der Waals surface area contributed by atoms with Crippen molar-refractivity contribution in [2.75, 3.05) is 0 Å². The van der Waals surface area contributed by atoms with Gasteiger partial charge in [0.2, 0.25) is 0 Å². The van der Waals surface area contributed by atoms with Gasteiger partial charge in [-0.2, -0.15) is 0 Å². The lowest BCUT2D eigenvalue weighted by Crippen LogP contribution is -2.64. The molecule has 0 aliphatic heterocycles. The molecule has 15 heteroatoms. The third-order valence-electron chi connectivity index (χ3n) is 10.1. The van der Waals surface area contributed by atoms with Gasteiger partial charge in [-0.05, 0) is 125 Å². The molecule has 0 radical (unpaired) electrons. The Labute approximate surface area is 506 Å². The molecule has 11 nitrogen and oxygen atoms in total. The minimum Gasteiger partial charge on any atom is -0.387 e. The van der Waals surface area contributed by atoms with E-state index in [0.717, 1.165) is 21.9 Å². The molecule has 0 saturated carbocycles. The van der Waals surface area contributed by atoms with Crippen LogP contribution in [0.25, 0.3) is 0 Å². The molecule has 0 unspecified atom stereocenters. The molecule has 0 atom stereocenters. The van der Waals surface area contributed by atoms with E-state index in [0.29, 0.717) is 19.8 Å². The van der Waals surface area contributed by atoms with Gasteiger partial charge in [0.25, 0.3) is 0 Å². The van der Waals surface area contributed by atoms with Crippen LogP contribution in [0.5, 0.6) is 0 Å². The van der Waals surface area contributed by atoms with Crippen molar-refractivity contribution in [3.8, 4) is 130 Å². The molecule has 7 aromatic rings. The molecular weight excluding hydrogens is 1130 g/mol. The molecule has 7 rings (SSSR count). The van der Waals surface area contributed by atoms with Gasteiger partial charge in [0, 0.05) is 45.9 Å². The van der Waals surface area contributed by atoms with Crippen molar-refractivity contribution in [2.45, 2.75) is 41.1 Å². The lowest BCUT2D eigenvalue weighted by Gasteiger charge is -2.30. The Hall–Kier alpha value is -9.87. The van der Waals surface area contributed by atoms with E-state index in [1.807, 2.05) is 84.9 Å². The van der Waals surface area contributed by atoms with Crippen molar-refractivity contribution in [2.24, 2.45) is 0 Å². The zero-order valence-corrected chi connectivity index (χ0v) is 49.6. The van der Waals surface area contributed by atoms with Crippen LogP contribution in [0.1, 0.15) is 39.4 Å². The molecule has 0 spiro atoms. The fourth-order valence-corrected chi connectivity index (χ4v) is 13.1. The van der Waals surface area contributed by atoms with Crippen LogP contribution >= 0.6 is 0 Å². The highest BCUT2D eigenvalue weighted by Gasteiger charge is 2.48. The summed E-state index contributed by atoms with van der Waals surface area (Å²) in [5.74, 6) is 55.6. The topological polar surface area (TPSA) is 179 Å². The van der Waals surface area contributed by atoms with Gasteiger partial charge in [0.1, 0.15) is 0 Å². The van der Waals surface area contributed by atoms with E-state index < -0.39 is 35.2 Å². The maximum absolute atomic E-state index is 9.97. The number of benzene rings is 7. The fraction of sp³-hybridized carbons (Fsp3) is 0.0857. The first-order valence-electron chi connectivity index (χ1n) is 25.1. The highest BCUT2D eigenvalue weighted by atomic mass is 28.5. The number of hydrogen-bond acceptors (Lipinski definition) is 11. The maximum atomic E-state index is 9.97. The lowest BCUT2D eigenvalue weighted by atomic mass is 10.2. The monoisotopic (exact) mass is 1190 g/mol. The Morgan fingerprint density at radius 3 is 0.694 bits per heavy atom. The van der Waals surface area contributed by atoms with Crippen LogP contribution in [0.15, 0.2) is 212 Å². The molecule has 0 saturated heterocycles. The van der Waals surface area contributed by atoms with Crippen molar-refractivity contribution >= 4 is 56.0 Å². The van der Waals surface area contributed by atoms with E-state index in [1.165, 1.54) is 36.4 Å². The highest BCUT2D eigenvalue weighted by molar-refractivity contribution is 6.85. The van der Waals surface area contributed by atoms with Crippen LogP contribution in [0.4, 0.5) is 0 Å². The molecule has 0 amide bonds. The number of hydrogen-bond donors (Lipinski definition) is 7.